The van der Waals surface area contributed by atoms with Gasteiger partial charge in [-0.05, 0) is 55.0 Å². The van der Waals surface area contributed by atoms with Crippen LogP contribution in [-0.2, 0) is 10.5 Å². The maximum absolute atomic E-state index is 13.6. The second kappa shape index (κ2) is 9.97. The molecule has 0 radical (unpaired) electrons. The Morgan fingerprint density at radius 1 is 1.25 bits per heavy atom. The smallest absolute Gasteiger partial charge is 0.230 e. The fourth-order valence-corrected chi connectivity index (χ4v) is 4.46. The van der Waals surface area contributed by atoms with Gasteiger partial charge in [-0.1, -0.05) is 37.3 Å². The minimum atomic E-state index is -0.216. The van der Waals surface area contributed by atoms with Gasteiger partial charge in [-0.25, -0.2) is 4.39 Å². The highest BCUT2D eigenvalue weighted by molar-refractivity contribution is 7.99. The molecule has 2 atom stereocenters. The van der Waals surface area contributed by atoms with E-state index in [1.807, 2.05) is 13.0 Å². The minimum absolute atomic E-state index is 0.0252. The van der Waals surface area contributed by atoms with Gasteiger partial charge in [0.15, 0.2) is 0 Å². The van der Waals surface area contributed by atoms with Gasteiger partial charge in [0.05, 0.1) is 11.8 Å². The van der Waals surface area contributed by atoms with Crippen molar-refractivity contribution in [3.8, 4) is 0 Å². The lowest BCUT2D eigenvalue weighted by molar-refractivity contribution is -0.119. The molecule has 5 heteroatoms. The summed E-state index contributed by atoms with van der Waals surface area (Å²) in [5, 5.41) is 3.04. The molecule has 3 rings (SSSR count). The lowest BCUT2D eigenvalue weighted by Crippen LogP contribution is -2.34. The molecule has 2 aromatic carbocycles. The number of anilines is 1. The van der Waals surface area contributed by atoms with Gasteiger partial charge < -0.3 is 10.2 Å². The second-order valence-corrected chi connectivity index (χ2v) is 8.64. The number of carbonyl (C=O) groups is 1. The van der Waals surface area contributed by atoms with Gasteiger partial charge in [0.1, 0.15) is 5.82 Å². The van der Waals surface area contributed by atoms with Gasteiger partial charge in [0, 0.05) is 24.5 Å². The van der Waals surface area contributed by atoms with Gasteiger partial charge in [-0.15, -0.1) is 11.8 Å². The van der Waals surface area contributed by atoms with Crippen molar-refractivity contribution in [2.75, 3.05) is 23.7 Å². The number of carbonyl (C=O) groups excluding carboxylic acids is 1. The zero-order valence-electron chi connectivity index (χ0n) is 16.7. The molecule has 1 aliphatic heterocycles. The zero-order chi connectivity index (χ0) is 19.9. The normalized spacial score (nSPS) is 18.0. The number of piperidine rings is 1. The van der Waals surface area contributed by atoms with Crippen molar-refractivity contribution in [3.05, 3.63) is 65.5 Å². The van der Waals surface area contributed by atoms with Gasteiger partial charge >= 0.3 is 0 Å². The van der Waals surface area contributed by atoms with Crippen LogP contribution in [0.25, 0.3) is 0 Å². The van der Waals surface area contributed by atoms with Crippen molar-refractivity contribution in [1.29, 1.82) is 0 Å². The highest BCUT2D eigenvalue weighted by Crippen LogP contribution is 2.24. The molecule has 28 heavy (non-hydrogen) atoms. The Balaban J connectivity index is 1.46. The standard InChI is InChI=1S/C23H29FN2OS/c1-17-6-5-13-26(14-17)21-11-9-19(10-12-21)18(2)25-23(27)16-28-15-20-7-3-4-8-22(20)24/h3-4,7-12,17-18H,5-6,13-16H2,1-2H3,(H,25,27). The number of thioether (sulfide) groups is 1. The van der Waals surface area contributed by atoms with E-state index in [9.17, 15) is 9.18 Å². The molecule has 0 aliphatic carbocycles. The van der Waals surface area contributed by atoms with Gasteiger partial charge in [0.25, 0.3) is 0 Å². The average Bonchev–Trinajstić information content (AvgIpc) is 2.69. The molecular weight excluding hydrogens is 371 g/mol. The first-order chi connectivity index (χ1) is 13.5. The third kappa shape index (κ3) is 5.74. The first-order valence-corrected chi connectivity index (χ1v) is 11.1. The lowest BCUT2D eigenvalue weighted by atomic mass is 9.99. The lowest BCUT2D eigenvalue weighted by Gasteiger charge is -2.33. The highest BCUT2D eigenvalue weighted by atomic mass is 32.2. The molecular formula is C23H29FN2OS. The van der Waals surface area contributed by atoms with Crippen molar-refractivity contribution >= 4 is 23.4 Å². The van der Waals surface area contributed by atoms with Gasteiger partial charge in [-0.2, -0.15) is 0 Å². The van der Waals surface area contributed by atoms with Crippen molar-refractivity contribution in [2.45, 2.75) is 38.5 Å². The molecule has 1 heterocycles. The number of rotatable bonds is 7. The molecule has 0 spiro atoms. The molecule has 0 bridgehead atoms. The van der Waals surface area contributed by atoms with Gasteiger partial charge in [0.2, 0.25) is 5.91 Å². The number of halogens is 1. The Kier molecular flexibility index (Phi) is 7.37. The van der Waals surface area contributed by atoms with Crippen molar-refractivity contribution < 1.29 is 9.18 Å². The summed E-state index contributed by atoms with van der Waals surface area (Å²) in [5.41, 5.74) is 2.99. The van der Waals surface area contributed by atoms with Crippen LogP contribution >= 0.6 is 11.8 Å². The highest BCUT2D eigenvalue weighted by Gasteiger charge is 2.17. The predicted molar refractivity (Wildman–Crippen MR) is 116 cm³/mol. The van der Waals surface area contributed by atoms with Crippen molar-refractivity contribution in [3.63, 3.8) is 0 Å². The number of nitrogens with zero attached hydrogens (tertiary/aromatic N) is 1. The van der Waals surface area contributed by atoms with E-state index in [1.54, 1.807) is 12.1 Å². The minimum Gasteiger partial charge on any atom is -0.371 e. The zero-order valence-corrected chi connectivity index (χ0v) is 17.5. The Morgan fingerprint density at radius 2 is 2.00 bits per heavy atom. The van der Waals surface area contributed by atoms with Crippen LogP contribution in [0.1, 0.15) is 43.9 Å². The molecule has 1 amide bonds. The van der Waals surface area contributed by atoms with Crippen LogP contribution in [0.5, 0.6) is 0 Å². The second-order valence-electron chi connectivity index (χ2n) is 7.66. The quantitative estimate of drug-likeness (QED) is 0.696. The van der Waals surface area contributed by atoms with E-state index in [2.05, 4.69) is 41.4 Å². The van der Waals surface area contributed by atoms with E-state index in [1.165, 1.54) is 36.4 Å². The number of hydrogen-bond donors (Lipinski definition) is 1. The number of hydrogen-bond acceptors (Lipinski definition) is 3. The predicted octanol–water partition coefficient (Wildman–Crippen LogP) is 5.17. The fraction of sp³-hybridized carbons (Fsp3) is 0.435. The topological polar surface area (TPSA) is 32.3 Å². The third-order valence-electron chi connectivity index (χ3n) is 5.24. The van der Waals surface area contributed by atoms with Crippen LogP contribution in [-0.4, -0.2) is 24.7 Å². The van der Waals surface area contributed by atoms with Crippen LogP contribution in [0, 0.1) is 11.7 Å². The Morgan fingerprint density at radius 3 is 2.71 bits per heavy atom. The van der Waals surface area contributed by atoms with Crippen molar-refractivity contribution in [1.82, 2.24) is 5.32 Å². The first kappa shape index (κ1) is 20.7. The third-order valence-corrected chi connectivity index (χ3v) is 6.22. The first-order valence-electron chi connectivity index (χ1n) is 9.98. The summed E-state index contributed by atoms with van der Waals surface area (Å²) >= 11 is 1.43. The number of amides is 1. The van der Waals surface area contributed by atoms with E-state index in [0.717, 1.165) is 24.6 Å². The Labute approximate surface area is 171 Å². The molecule has 2 aromatic rings. The van der Waals surface area contributed by atoms with Crippen molar-refractivity contribution in [2.24, 2.45) is 5.92 Å². The summed E-state index contributed by atoms with van der Waals surface area (Å²) in [6.07, 6.45) is 2.56. The molecule has 1 saturated heterocycles. The fourth-order valence-electron chi connectivity index (χ4n) is 3.63. The monoisotopic (exact) mass is 400 g/mol. The number of benzene rings is 2. The maximum atomic E-state index is 13.6. The van der Waals surface area contributed by atoms with Crippen LogP contribution < -0.4 is 10.2 Å². The van der Waals surface area contributed by atoms with E-state index in [-0.39, 0.29) is 17.8 Å². The maximum Gasteiger partial charge on any atom is 0.230 e. The van der Waals surface area contributed by atoms with Crippen LogP contribution in [0.2, 0.25) is 0 Å². The summed E-state index contributed by atoms with van der Waals surface area (Å²) in [4.78, 5) is 14.7. The summed E-state index contributed by atoms with van der Waals surface area (Å²) in [5.74, 6) is 1.32. The summed E-state index contributed by atoms with van der Waals surface area (Å²) in [6, 6.07) is 15.2. The Bertz CT molecular complexity index is 780. The summed E-state index contributed by atoms with van der Waals surface area (Å²) in [7, 11) is 0. The van der Waals surface area contributed by atoms with Crippen LogP contribution in [0.3, 0.4) is 0 Å². The summed E-state index contributed by atoms with van der Waals surface area (Å²) < 4.78 is 13.6. The average molecular weight is 401 g/mol. The summed E-state index contributed by atoms with van der Waals surface area (Å²) in [6.45, 7) is 6.54. The van der Waals surface area contributed by atoms with E-state index in [0.29, 0.717) is 17.1 Å². The van der Waals surface area contributed by atoms with Crippen LogP contribution in [0.4, 0.5) is 10.1 Å². The van der Waals surface area contributed by atoms with Gasteiger partial charge in [-0.3, -0.25) is 4.79 Å². The van der Waals surface area contributed by atoms with E-state index >= 15 is 0 Å². The molecule has 1 N–H and O–H groups in total. The molecule has 2 unspecified atom stereocenters. The van der Waals surface area contributed by atoms with E-state index in [4.69, 9.17) is 0 Å². The molecule has 3 nitrogen and oxygen atoms in total. The van der Waals surface area contributed by atoms with E-state index < -0.39 is 0 Å². The largest absolute Gasteiger partial charge is 0.371 e. The molecule has 0 saturated carbocycles. The number of nitrogens with one attached hydrogen (secondary N) is 1. The SMILES string of the molecule is CC1CCCN(c2ccc(C(C)NC(=O)CSCc3ccccc3F)cc2)C1. The molecule has 150 valence electrons. The molecule has 1 fully saturated rings. The Hall–Kier alpha value is -2.01. The molecule has 0 aromatic heterocycles. The molecule has 1 aliphatic rings. The van der Waals surface area contributed by atoms with Crippen LogP contribution in [0.15, 0.2) is 48.5 Å².